The highest BCUT2D eigenvalue weighted by molar-refractivity contribution is 7.13. The van der Waals surface area contributed by atoms with Crippen LogP contribution in [-0.2, 0) is 9.59 Å². The van der Waals surface area contributed by atoms with Gasteiger partial charge in [0, 0.05) is 17.0 Å². The Balaban J connectivity index is 1.80. The number of ether oxygens (including phenoxy) is 1. The maximum absolute atomic E-state index is 12.6. The molecule has 6 nitrogen and oxygen atoms in total. The molecular formula is C19H31N3O3S. The quantitative estimate of drug-likeness (QED) is 0.762. The minimum absolute atomic E-state index is 0.00830. The Hall–Kier alpha value is -1.60. The molecule has 2 heterocycles. The van der Waals surface area contributed by atoms with Gasteiger partial charge in [0.1, 0.15) is 0 Å². The molecule has 146 valence electrons. The van der Waals surface area contributed by atoms with Crippen molar-refractivity contribution in [1.82, 2.24) is 15.5 Å². The zero-order valence-electron chi connectivity index (χ0n) is 16.4. The van der Waals surface area contributed by atoms with Crippen molar-refractivity contribution in [1.29, 1.82) is 0 Å². The van der Waals surface area contributed by atoms with Crippen molar-refractivity contribution in [3.63, 3.8) is 0 Å². The first-order valence-electron chi connectivity index (χ1n) is 9.24. The van der Waals surface area contributed by atoms with Crippen LogP contribution in [-0.4, -0.2) is 48.5 Å². The second-order valence-electron chi connectivity index (χ2n) is 7.84. The highest BCUT2D eigenvalue weighted by Gasteiger charge is 2.30. The maximum Gasteiger partial charge on any atom is 0.234 e. The Bertz CT molecular complexity index is 624. The van der Waals surface area contributed by atoms with Crippen molar-refractivity contribution in [3.8, 4) is 5.06 Å². The zero-order chi connectivity index (χ0) is 19.3. The second-order valence-corrected chi connectivity index (χ2v) is 8.92. The first-order chi connectivity index (χ1) is 12.2. The van der Waals surface area contributed by atoms with Gasteiger partial charge >= 0.3 is 0 Å². The van der Waals surface area contributed by atoms with Crippen LogP contribution in [0.15, 0.2) is 12.1 Å². The van der Waals surface area contributed by atoms with E-state index in [2.05, 4.69) is 10.6 Å². The monoisotopic (exact) mass is 381 g/mol. The van der Waals surface area contributed by atoms with Crippen LogP contribution >= 0.6 is 11.3 Å². The molecule has 2 rings (SSSR count). The summed E-state index contributed by atoms with van der Waals surface area (Å²) in [5.41, 5.74) is -0.232. The van der Waals surface area contributed by atoms with Crippen LogP contribution < -0.4 is 15.4 Å². The number of thiophene rings is 1. The lowest BCUT2D eigenvalue weighted by Gasteiger charge is -2.23. The fourth-order valence-corrected chi connectivity index (χ4v) is 3.96. The van der Waals surface area contributed by atoms with E-state index in [4.69, 9.17) is 4.74 Å². The number of carbonyl (C=O) groups excluding carboxylic acids is 2. The molecule has 0 radical (unpaired) electrons. The number of hydrogen-bond donors (Lipinski definition) is 2. The lowest BCUT2D eigenvalue weighted by Crippen LogP contribution is -2.45. The maximum atomic E-state index is 12.6. The van der Waals surface area contributed by atoms with E-state index in [1.165, 1.54) is 0 Å². The average Bonchev–Trinajstić information content (AvgIpc) is 3.15. The molecule has 1 aliphatic rings. The number of nitrogens with one attached hydrogen (secondary N) is 2. The third-order valence-electron chi connectivity index (χ3n) is 4.20. The molecule has 26 heavy (non-hydrogen) atoms. The summed E-state index contributed by atoms with van der Waals surface area (Å²) < 4.78 is 5.49. The summed E-state index contributed by atoms with van der Waals surface area (Å²) in [4.78, 5) is 27.7. The molecule has 0 unspecified atom stereocenters. The summed E-state index contributed by atoms with van der Waals surface area (Å²) in [5.74, 6) is 0.00256. The number of rotatable bonds is 7. The van der Waals surface area contributed by atoms with E-state index in [9.17, 15) is 9.59 Å². The van der Waals surface area contributed by atoms with Crippen LogP contribution in [0.25, 0.3) is 0 Å². The summed E-state index contributed by atoms with van der Waals surface area (Å²) in [7, 11) is 0. The van der Waals surface area contributed by atoms with Crippen LogP contribution in [0.5, 0.6) is 5.06 Å². The van der Waals surface area contributed by atoms with E-state index < -0.39 is 0 Å². The fourth-order valence-electron chi connectivity index (χ4n) is 3.04. The highest BCUT2D eigenvalue weighted by atomic mass is 32.1. The number of carbonyl (C=O) groups is 2. The van der Waals surface area contributed by atoms with Crippen LogP contribution in [0.3, 0.4) is 0 Å². The van der Waals surface area contributed by atoms with Crippen molar-refractivity contribution in [2.45, 2.75) is 52.6 Å². The molecule has 2 N–H and O–H groups in total. The zero-order valence-corrected chi connectivity index (χ0v) is 17.2. The minimum atomic E-state index is -0.232. The van der Waals surface area contributed by atoms with Gasteiger partial charge in [-0.05, 0) is 59.7 Å². The van der Waals surface area contributed by atoms with Crippen LogP contribution in [0.1, 0.15) is 52.0 Å². The number of likely N-dealkylation sites (tertiary alicyclic amines) is 1. The lowest BCUT2D eigenvalue weighted by atomic mass is 10.1. The van der Waals surface area contributed by atoms with E-state index in [1.807, 2.05) is 51.7 Å². The second kappa shape index (κ2) is 8.86. The van der Waals surface area contributed by atoms with E-state index in [0.717, 1.165) is 22.9 Å². The smallest absolute Gasteiger partial charge is 0.234 e. The molecule has 2 atom stereocenters. The predicted octanol–water partition coefficient (Wildman–Crippen LogP) is 2.56. The molecule has 2 amide bonds. The predicted molar refractivity (Wildman–Crippen MR) is 104 cm³/mol. The van der Waals surface area contributed by atoms with Gasteiger partial charge in [-0.2, -0.15) is 0 Å². The Morgan fingerprint density at radius 1 is 1.38 bits per heavy atom. The SMILES string of the molecule is CCOc1ccc([C@@H](C)NC(=O)[C@H]2CCN(CC(=O)NC(C)(C)C)C2)s1. The number of amides is 2. The van der Waals surface area contributed by atoms with E-state index in [1.54, 1.807) is 11.3 Å². The summed E-state index contributed by atoms with van der Waals surface area (Å²) in [6.07, 6.45) is 0.788. The van der Waals surface area contributed by atoms with E-state index >= 15 is 0 Å². The Labute approximate surface area is 160 Å². The summed E-state index contributed by atoms with van der Waals surface area (Å²) in [6.45, 7) is 12.2. The van der Waals surface area contributed by atoms with Crippen molar-refractivity contribution < 1.29 is 14.3 Å². The molecule has 1 aliphatic heterocycles. The Morgan fingerprint density at radius 3 is 2.77 bits per heavy atom. The molecule has 1 aromatic rings. The molecule has 1 saturated heterocycles. The molecule has 1 aromatic heterocycles. The fraction of sp³-hybridized carbons (Fsp3) is 0.684. The van der Waals surface area contributed by atoms with Gasteiger partial charge in [-0.25, -0.2) is 0 Å². The highest BCUT2D eigenvalue weighted by Crippen LogP contribution is 2.29. The lowest BCUT2D eigenvalue weighted by molar-refractivity contribution is -0.126. The van der Waals surface area contributed by atoms with Gasteiger partial charge in [0.25, 0.3) is 0 Å². The summed E-state index contributed by atoms with van der Waals surface area (Å²) in [5, 5.41) is 6.93. The normalized spacial score (nSPS) is 19.2. The Kier molecular flexibility index (Phi) is 7.06. The van der Waals surface area contributed by atoms with Gasteiger partial charge in [-0.1, -0.05) is 0 Å². The number of hydrogen-bond acceptors (Lipinski definition) is 5. The molecule has 7 heteroatoms. The molecule has 0 saturated carbocycles. The number of nitrogens with zero attached hydrogens (tertiary/aromatic N) is 1. The van der Waals surface area contributed by atoms with Gasteiger partial charge in [-0.15, -0.1) is 11.3 Å². The first-order valence-corrected chi connectivity index (χ1v) is 10.1. The van der Waals surface area contributed by atoms with Crippen molar-refractivity contribution in [2.24, 2.45) is 5.92 Å². The van der Waals surface area contributed by atoms with Gasteiger partial charge in [-0.3, -0.25) is 14.5 Å². The molecule has 0 bridgehead atoms. The summed E-state index contributed by atoms with van der Waals surface area (Å²) >= 11 is 1.56. The van der Waals surface area contributed by atoms with Gasteiger partial charge in [0.2, 0.25) is 11.8 Å². The standard InChI is InChI=1S/C19H31N3O3S/c1-6-25-17-8-7-15(26-17)13(2)20-18(24)14-9-10-22(11-14)12-16(23)21-19(3,4)5/h7-8,13-14H,6,9-12H2,1-5H3,(H,20,24)(H,21,23)/t13-,14+/m1/s1. The van der Waals surface area contributed by atoms with Gasteiger partial charge < -0.3 is 15.4 Å². The largest absolute Gasteiger partial charge is 0.484 e. The molecule has 0 spiro atoms. The van der Waals surface area contributed by atoms with E-state index in [-0.39, 0.29) is 29.3 Å². The van der Waals surface area contributed by atoms with Crippen LogP contribution in [0, 0.1) is 5.92 Å². The topological polar surface area (TPSA) is 70.7 Å². The molecule has 1 fully saturated rings. The van der Waals surface area contributed by atoms with Crippen LogP contribution in [0.4, 0.5) is 0 Å². The third kappa shape index (κ3) is 6.29. The summed E-state index contributed by atoms with van der Waals surface area (Å²) in [6, 6.07) is 3.90. The van der Waals surface area contributed by atoms with Gasteiger partial charge in [0.05, 0.1) is 25.1 Å². The van der Waals surface area contributed by atoms with Crippen molar-refractivity contribution >= 4 is 23.2 Å². The molecule has 0 aromatic carbocycles. The average molecular weight is 382 g/mol. The van der Waals surface area contributed by atoms with Crippen molar-refractivity contribution in [3.05, 3.63) is 17.0 Å². The first kappa shape index (κ1) is 20.7. The molecular weight excluding hydrogens is 350 g/mol. The van der Waals surface area contributed by atoms with Crippen LogP contribution in [0.2, 0.25) is 0 Å². The minimum Gasteiger partial charge on any atom is -0.484 e. The van der Waals surface area contributed by atoms with Crippen molar-refractivity contribution in [2.75, 3.05) is 26.2 Å². The third-order valence-corrected chi connectivity index (χ3v) is 5.38. The van der Waals surface area contributed by atoms with E-state index in [0.29, 0.717) is 19.7 Å². The Morgan fingerprint density at radius 2 is 2.12 bits per heavy atom. The molecule has 0 aliphatic carbocycles. The van der Waals surface area contributed by atoms with Gasteiger partial charge in [0.15, 0.2) is 5.06 Å².